The van der Waals surface area contributed by atoms with Crippen molar-refractivity contribution in [3.8, 4) is 0 Å². The minimum absolute atomic E-state index is 0.0969. The molecule has 1 aliphatic rings. The molecule has 2 N–H and O–H groups in total. The maximum atomic E-state index is 12.5. The smallest absolute Gasteiger partial charge is 0.229 e. The van der Waals surface area contributed by atoms with Crippen molar-refractivity contribution >= 4 is 11.6 Å². The summed E-state index contributed by atoms with van der Waals surface area (Å²) in [6.45, 7) is 2.13. The summed E-state index contributed by atoms with van der Waals surface area (Å²) in [6, 6.07) is 8.43. The molecule has 0 spiro atoms. The van der Waals surface area contributed by atoms with Crippen LogP contribution in [-0.4, -0.2) is 19.0 Å². The third kappa shape index (κ3) is 3.35. The van der Waals surface area contributed by atoms with Crippen LogP contribution in [0.1, 0.15) is 38.2 Å². The molecular formula is C16H24N2O. The molecular weight excluding hydrogens is 236 g/mol. The van der Waals surface area contributed by atoms with Crippen molar-refractivity contribution in [1.29, 1.82) is 0 Å². The van der Waals surface area contributed by atoms with Gasteiger partial charge in [0.05, 0.1) is 0 Å². The van der Waals surface area contributed by atoms with E-state index in [0.29, 0.717) is 0 Å². The molecule has 1 saturated carbocycles. The SMILES string of the molecule is CCc1ccc(N(C)C(=O)C2CCCC(N)C2)cc1. The Balaban J connectivity index is 2.05. The molecule has 0 saturated heterocycles. The van der Waals surface area contributed by atoms with E-state index in [9.17, 15) is 4.79 Å². The van der Waals surface area contributed by atoms with Gasteiger partial charge >= 0.3 is 0 Å². The molecule has 3 nitrogen and oxygen atoms in total. The van der Waals surface area contributed by atoms with Gasteiger partial charge in [-0.2, -0.15) is 0 Å². The zero-order valence-electron chi connectivity index (χ0n) is 11.9. The Kier molecular flexibility index (Phi) is 4.59. The first-order chi connectivity index (χ1) is 9.11. The van der Waals surface area contributed by atoms with Gasteiger partial charge in [-0.1, -0.05) is 25.5 Å². The van der Waals surface area contributed by atoms with Gasteiger partial charge in [0.2, 0.25) is 5.91 Å². The van der Waals surface area contributed by atoms with Crippen LogP contribution in [0.5, 0.6) is 0 Å². The summed E-state index contributed by atoms with van der Waals surface area (Å²) in [7, 11) is 1.86. The Bertz CT molecular complexity index is 427. The van der Waals surface area contributed by atoms with Crippen LogP contribution >= 0.6 is 0 Å². The highest BCUT2D eigenvalue weighted by atomic mass is 16.2. The summed E-state index contributed by atoms with van der Waals surface area (Å²) in [6.07, 6.45) is 4.95. The predicted octanol–water partition coefficient (Wildman–Crippen LogP) is 2.73. The maximum Gasteiger partial charge on any atom is 0.229 e. The summed E-state index contributed by atoms with van der Waals surface area (Å²) in [5.74, 6) is 0.305. The minimum atomic E-state index is 0.0969. The standard InChI is InChI=1S/C16H24N2O/c1-3-12-7-9-15(10-8-12)18(2)16(19)13-5-4-6-14(17)11-13/h7-10,13-14H,3-6,11,17H2,1-2H3. The van der Waals surface area contributed by atoms with Gasteiger partial charge in [-0.15, -0.1) is 0 Å². The van der Waals surface area contributed by atoms with E-state index in [1.807, 2.05) is 19.2 Å². The molecule has 0 aromatic heterocycles. The Hall–Kier alpha value is -1.35. The van der Waals surface area contributed by atoms with Gasteiger partial charge in [0.15, 0.2) is 0 Å². The minimum Gasteiger partial charge on any atom is -0.328 e. The molecule has 1 amide bonds. The molecule has 0 radical (unpaired) electrons. The van der Waals surface area contributed by atoms with Gasteiger partial charge in [-0.3, -0.25) is 4.79 Å². The molecule has 0 aliphatic heterocycles. The fraction of sp³-hybridized carbons (Fsp3) is 0.562. The Labute approximate surface area is 115 Å². The van der Waals surface area contributed by atoms with Crippen LogP contribution in [0.3, 0.4) is 0 Å². The largest absolute Gasteiger partial charge is 0.328 e. The third-order valence-corrected chi connectivity index (χ3v) is 4.13. The van der Waals surface area contributed by atoms with Crippen molar-refractivity contribution in [3.05, 3.63) is 29.8 Å². The number of nitrogens with two attached hydrogens (primary N) is 1. The highest BCUT2D eigenvalue weighted by Gasteiger charge is 2.27. The average Bonchev–Trinajstić information content (AvgIpc) is 2.46. The number of aryl methyl sites for hydroxylation is 1. The highest BCUT2D eigenvalue weighted by molar-refractivity contribution is 5.94. The van der Waals surface area contributed by atoms with Crippen LogP contribution in [0.4, 0.5) is 5.69 Å². The van der Waals surface area contributed by atoms with Crippen molar-refractivity contribution in [1.82, 2.24) is 0 Å². The van der Waals surface area contributed by atoms with E-state index >= 15 is 0 Å². The van der Waals surface area contributed by atoms with Crippen LogP contribution in [-0.2, 0) is 11.2 Å². The van der Waals surface area contributed by atoms with Gasteiger partial charge in [-0.25, -0.2) is 0 Å². The molecule has 1 aromatic rings. The van der Waals surface area contributed by atoms with Crippen LogP contribution in [0.15, 0.2) is 24.3 Å². The monoisotopic (exact) mass is 260 g/mol. The van der Waals surface area contributed by atoms with Gasteiger partial charge in [0.25, 0.3) is 0 Å². The molecule has 19 heavy (non-hydrogen) atoms. The summed E-state index contributed by atoms with van der Waals surface area (Å²) in [5.41, 5.74) is 8.24. The summed E-state index contributed by atoms with van der Waals surface area (Å²) in [4.78, 5) is 14.2. The number of anilines is 1. The number of carbonyl (C=O) groups excluding carboxylic acids is 1. The molecule has 1 aliphatic carbocycles. The fourth-order valence-corrected chi connectivity index (χ4v) is 2.81. The first-order valence-electron chi connectivity index (χ1n) is 7.24. The lowest BCUT2D eigenvalue weighted by molar-refractivity contribution is -0.123. The topological polar surface area (TPSA) is 46.3 Å². The molecule has 0 heterocycles. The summed E-state index contributed by atoms with van der Waals surface area (Å²) < 4.78 is 0. The second kappa shape index (κ2) is 6.20. The van der Waals surface area contributed by atoms with Crippen molar-refractivity contribution < 1.29 is 4.79 Å². The molecule has 2 rings (SSSR count). The highest BCUT2D eigenvalue weighted by Crippen LogP contribution is 2.26. The lowest BCUT2D eigenvalue weighted by Crippen LogP contribution is -2.38. The lowest BCUT2D eigenvalue weighted by Gasteiger charge is -2.29. The first kappa shape index (κ1) is 14.1. The zero-order chi connectivity index (χ0) is 13.8. The van der Waals surface area contributed by atoms with Gasteiger partial charge in [0, 0.05) is 24.7 Å². The maximum absolute atomic E-state index is 12.5. The van der Waals surface area contributed by atoms with E-state index < -0.39 is 0 Å². The van der Waals surface area contributed by atoms with E-state index in [4.69, 9.17) is 5.73 Å². The van der Waals surface area contributed by atoms with Crippen molar-refractivity contribution in [3.63, 3.8) is 0 Å². The second-order valence-electron chi connectivity index (χ2n) is 5.54. The Morgan fingerprint density at radius 1 is 1.32 bits per heavy atom. The van der Waals surface area contributed by atoms with E-state index in [2.05, 4.69) is 19.1 Å². The third-order valence-electron chi connectivity index (χ3n) is 4.13. The number of hydrogen-bond donors (Lipinski definition) is 1. The lowest BCUT2D eigenvalue weighted by atomic mass is 9.85. The number of amides is 1. The first-order valence-corrected chi connectivity index (χ1v) is 7.24. The molecule has 104 valence electrons. The van der Waals surface area contributed by atoms with E-state index in [1.54, 1.807) is 4.90 Å². The predicted molar refractivity (Wildman–Crippen MR) is 79.2 cm³/mol. The van der Waals surface area contributed by atoms with E-state index in [1.165, 1.54) is 5.56 Å². The number of rotatable bonds is 3. The number of benzene rings is 1. The molecule has 2 atom stereocenters. The summed E-state index contributed by atoms with van der Waals surface area (Å²) in [5, 5.41) is 0. The second-order valence-corrected chi connectivity index (χ2v) is 5.54. The molecule has 2 unspecified atom stereocenters. The molecule has 3 heteroatoms. The van der Waals surface area contributed by atoms with Crippen LogP contribution in [0, 0.1) is 5.92 Å². The van der Waals surface area contributed by atoms with Gasteiger partial charge in [0.1, 0.15) is 0 Å². The van der Waals surface area contributed by atoms with Crippen molar-refractivity contribution in [2.24, 2.45) is 11.7 Å². The van der Waals surface area contributed by atoms with Crippen molar-refractivity contribution in [2.45, 2.75) is 45.1 Å². The van der Waals surface area contributed by atoms with Gasteiger partial charge in [-0.05, 0) is 43.4 Å². The Morgan fingerprint density at radius 2 is 2.00 bits per heavy atom. The van der Waals surface area contributed by atoms with E-state index in [-0.39, 0.29) is 17.9 Å². The molecule has 1 fully saturated rings. The average molecular weight is 260 g/mol. The zero-order valence-corrected chi connectivity index (χ0v) is 11.9. The van der Waals surface area contributed by atoms with E-state index in [0.717, 1.165) is 37.8 Å². The quantitative estimate of drug-likeness (QED) is 0.908. The van der Waals surface area contributed by atoms with Crippen molar-refractivity contribution in [2.75, 3.05) is 11.9 Å². The molecule has 0 bridgehead atoms. The van der Waals surface area contributed by atoms with Gasteiger partial charge < -0.3 is 10.6 Å². The number of nitrogens with zero attached hydrogens (tertiary/aromatic N) is 1. The summed E-state index contributed by atoms with van der Waals surface area (Å²) >= 11 is 0. The van der Waals surface area contributed by atoms with Crippen LogP contribution in [0.25, 0.3) is 0 Å². The molecule has 1 aromatic carbocycles. The normalized spacial score (nSPS) is 23.1. The number of hydrogen-bond acceptors (Lipinski definition) is 2. The number of carbonyl (C=O) groups is 1. The van der Waals surface area contributed by atoms with Crippen LogP contribution in [0.2, 0.25) is 0 Å². The Morgan fingerprint density at radius 3 is 2.58 bits per heavy atom. The fourth-order valence-electron chi connectivity index (χ4n) is 2.81. The van der Waals surface area contributed by atoms with Crippen LogP contribution < -0.4 is 10.6 Å².